The minimum atomic E-state index is -1.37. The van der Waals surface area contributed by atoms with Crippen LogP contribution in [0, 0.1) is 5.95 Å². The number of carbonyl (C=O) groups is 2. The van der Waals surface area contributed by atoms with Gasteiger partial charge in [0.15, 0.2) is 5.17 Å². The first-order chi connectivity index (χ1) is 16.5. The van der Waals surface area contributed by atoms with Crippen LogP contribution in [0.5, 0.6) is 0 Å². The number of hydrogen-bond acceptors (Lipinski definition) is 8. The second-order valence-corrected chi connectivity index (χ2v) is 18.2. The highest BCUT2D eigenvalue weighted by Gasteiger charge is 2.39. The number of amidine groups is 1. The molecule has 0 spiro atoms. The van der Waals surface area contributed by atoms with Gasteiger partial charge in [0.2, 0.25) is 5.95 Å². The fourth-order valence-corrected chi connectivity index (χ4v) is 5.20. The van der Waals surface area contributed by atoms with Crippen LogP contribution in [0.1, 0.15) is 40.2 Å². The smallest absolute Gasteiger partial charge is 0.418 e. The van der Waals surface area contributed by atoms with Gasteiger partial charge < -0.3 is 14.2 Å². The summed E-state index contributed by atoms with van der Waals surface area (Å²) in [4.78, 5) is 35.9. The van der Waals surface area contributed by atoms with E-state index < -0.39 is 37.2 Å². The molecular weight excluding hydrogens is 569 g/mol. The molecule has 0 N–H and O–H groups in total. The summed E-state index contributed by atoms with van der Waals surface area (Å²) in [6.45, 7) is 15.7. The van der Waals surface area contributed by atoms with E-state index in [-0.39, 0.29) is 29.0 Å². The predicted molar refractivity (Wildman–Crippen MR) is 146 cm³/mol. The fourth-order valence-electron chi connectivity index (χ4n) is 3.01. The Bertz CT molecular complexity index is 1040. The number of ether oxygens (including phenoxy) is 3. The third kappa shape index (κ3) is 8.96. The number of pyridine rings is 1. The highest BCUT2D eigenvalue weighted by molar-refractivity contribution is 9.10. The number of thioether (sulfide) groups is 1. The van der Waals surface area contributed by atoms with E-state index in [1.807, 2.05) is 0 Å². The molecule has 1 amide bonds. The molecule has 0 radical (unpaired) electrons. The maximum Gasteiger partial charge on any atom is 0.418 e. The molecule has 0 unspecified atom stereocenters. The lowest BCUT2D eigenvalue weighted by atomic mass is 9.93. The van der Waals surface area contributed by atoms with Crippen LogP contribution in [0.15, 0.2) is 32.7 Å². The number of aromatic nitrogens is 1. The minimum Gasteiger partial charge on any atom is -0.462 e. The van der Waals surface area contributed by atoms with Gasteiger partial charge in [-0.15, -0.1) is 0 Å². The summed E-state index contributed by atoms with van der Waals surface area (Å²) < 4.78 is 32.1. The number of hydrogen-bond donors (Lipinski definition) is 0. The molecule has 1 aliphatic rings. The standard InChI is InChI=1S/C24H35BrFN3O5SSi/c1-9-33-20(30)18-13-24(5,17-12-16(25)14-27-19(17)26)28-21(35-18)29(22(31)34-23(2,3)4)15-32-10-11-36(6,7)8/h12-14H,9-11,15H2,1-8H3/t24-/m0/s1. The van der Waals surface area contributed by atoms with Crippen molar-refractivity contribution in [1.82, 2.24) is 9.88 Å². The Morgan fingerprint density at radius 2 is 1.94 bits per heavy atom. The van der Waals surface area contributed by atoms with E-state index in [0.29, 0.717) is 11.1 Å². The number of esters is 1. The molecular formula is C24H35BrFN3O5SSi. The van der Waals surface area contributed by atoms with Gasteiger partial charge in [-0.2, -0.15) is 4.39 Å². The molecule has 0 aliphatic carbocycles. The lowest BCUT2D eigenvalue weighted by molar-refractivity contribution is -0.137. The van der Waals surface area contributed by atoms with Crippen LogP contribution in [0.2, 0.25) is 25.7 Å². The largest absolute Gasteiger partial charge is 0.462 e. The molecule has 1 atom stereocenters. The van der Waals surface area contributed by atoms with E-state index in [1.165, 1.54) is 17.2 Å². The number of amides is 1. The first kappa shape index (κ1) is 30.5. The number of nitrogens with zero attached hydrogens (tertiary/aromatic N) is 3. The van der Waals surface area contributed by atoms with E-state index in [9.17, 15) is 14.0 Å². The molecule has 1 aliphatic heterocycles. The summed E-state index contributed by atoms with van der Waals surface area (Å²) in [7, 11) is -1.37. The number of rotatable bonds is 8. The Hall–Kier alpha value is -1.76. The molecule has 12 heteroatoms. The number of aliphatic imine (C=N–C) groups is 1. The maximum atomic E-state index is 14.9. The quantitative estimate of drug-likeness (QED) is 0.113. The van der Waals surface area contributed by atoms with Crippen LogP contribution in [-0.2, 0) is 24.5 Å². The maximum absolute atomic E-state index is 14.9. The van der Waals surface area contributed by atoms with Gasteiger partial charge in [-0.1, -0.05) is 19.6 Å². The number of carbonyl (C=O) groups excluding carboxylic acids is 2. The SMILES string of the molecule is CCOC(=O)C1=C[C@@](C)(c2cc(Br)cnc2F)N=C(N(COCC[Si](C)(C)C)C(=O)OC(C)(C)C)S1. The molecule has 8 nitrogen and oxygen atoms in total. The van der Waals surface area contributed by atoms with Crippen molar-refractivity contribution in [1.29, 1.82) is 0 Å². The zero-order chi connectivity index (χ0) is 27.3. The second-order valence-electron chi connectivity index (χ2n) is 10.6. The third-order valence-corrected chi connectivity index (χ3v) is 7.97. The van der Waals surface area contributed by atoms with Gasteiger partial charge in [0.05, 0.1) is 11.5 Å². The van der Waals surface area contributed by atoms with Crippen molar-refractivity contribution in [2.75, 3.05) is 19.9 Å². The lowest BCUT2D eigenvalue weighted by Gasteiger charge is -2.33. The highest BCUT2D eigenvalue weighted by atomic mass is 79.9. The lowest BCUT2D eigenvalue weighted by Crippen LogP contribution is -2.43. The van der Waals surface area contributed by atoms with Crippen molar-refractivity contribution in [2.24, 2.45) is 4.99 Å². The van der Waals surface area contributed by atoms with Crippen LogP contribution in [0.3, 0.4) is 0 Å². The average molecular weight is 605 g/mol. The van der Waals surface area contributed by atoms with Gasteiger partial charge in [-0.05, 0) is 80.5 Å². The van der Waals surface area contributed by atoms with Crippen molar-refractivity contribution in [3.8, 4) is 0 Å². The molecule has 0 saturated heterocycles. The van der Waals surface area contributed by atoms with E-state index >= 15 is 0 Å². The molecule has 0 bridgehead atoms. The third-order valence-electron chi connectivity index (χ3n) is 4.83. The summed E-state index contributed by atoms with van der Waals surface area (Å²) in [5.41, 5.74) is -2.01. The normalized spacial score (nSPS) is 18.3. The van der Waals surface area contributed by atoms with E-state index in [1.54, 1.807) is 40.7 Å². The predicted octanol–water partition coefficient (Wildman–Crippen LogP) is 6.30. The van der Waals surface area contributed by atoms with Crippen LogP contribution >= 0.6 is 27.7 Å². The summed E-state index contributed by atoms with van der Waals surface area (Å²) in [5, 5.41) is 0.129. The Morgan fingerprint density at radius 1 is 1.28 bits per heavy atom. The molecule has 36 heavy (non-hydrogen) atoms. The molecule has 2 heterocycles. The van der Waals surface area contributed by atoms with E-state index in [4.69, 9.17) is 19.2 Å². The summed E-state index contributed by atoms with van der Waals surface area (Å²) >= 11 is 4.27. The van der Waals surface area contributed by atoms with Crippen molar-refractivity contribution >= 4 is 53.0 Å². The molecule has 0 fully saturated rings. The molecule has 1 aromatic rings. The number of halogens is 2. The Balaban J connectivity index is 2.54. The Kier molecular flexibility index (Phi) is 10.3. The Morgan fingerprint density at radius 3 is 2.53 bits per heavy atom. The highest BCUT2D eigenvalue weighted by Crippen LogP contribution is 2.40. The summed E-state index contributed by atoms with van der Waals surface area (Å²) in [6.07, 6.45) is 2.16. The van der Waals surface area contributed by atoms with Gasteiger partial charge in [0, 0.05) is 30.9 Å². The molecule has 1 aromatic heterocycles. The summed E-state index contributed by atoms with van der Waals surface area (Å²) in [6, 6.07) is 2.44. The van der Waals surface area contributed by atoms with Gasteiger partial charge in [-0.3, -0.25) is 0 Å². The molecule has 2 rings (SSSR count). The first-order valence-electron chi connectivity index (χ1n) is 11.6. The average Bonchev–Trinajstić information content (AvgIpc) is 2.73. The van der Waals surface area contributed by atoms with Crippen LogP contribution in [-0.4, -0.2) is 60.7 Å². The van der Waals surface area contributed by atoms with Gasteiger partial charge in [-0.25, -0.2) is 24.5 Å². The van der Waals surface area contributed by atoms with Gasteiger partial charge >= 0.3 is 12.1 Å². The molecule has 0 saturated carbocycles. The van der Waals surface area contributed by atoms with Crippen LogP contribution in [0.4, 0.5) is 9.18 Å². The van der Waals surface area contributed by atoms with Crippen LogP contribution in [0.25, 0.3) is 0 Å². The van der Waals surface area contributed by atoms with E-state index in [0.717, 1.165) is 17.8 Å². The zero-order valence-corrected chi connectivity index (χ0v) is 25.5. The fraction of sp³-hybridized carbons (Fsp3) is 0.583. The first-order valence-corrected chi connectivity index (χ1v) is 16.9. The Labute approximate surface area is 226 Å². The topological polar surface area (TPSA) is 90.3 Å². The van der Waals surface area contributed by atoms with Crippen molar-refractivity contribution in [3.05, 3.63) is 39.2 Å². The monoisotopic (exact) mass is 603 g/mol. The van der Waals surface area contributed by atoms with E-state index in [2.05, 4.69) is 40.6 Å². The second kappa shape index (κ2) is 12.2. The molecule has 0 aromatic carbocycles. The van der Waals surface area contributed by atoms with Crippen molar-refractivity contribution < 1.29 is 28.2 Å². The van der Waals surface area contributed by atoms with Crippen molar-refractivity contribution in [2.45, 2.75) is 71.4 Å². The van der Waals surface area contributed by atoms with Crippen LogP contribution < -0.4 is 0 Å². The van der Waals surface area contributed by atoms with Gasteiger partial charge in [0.1, 0.15) is 17.9 Å². The zero-order valence-electron chi connectivity index (χ0n) is 22.1. The van der Waals surface area contributed by atoms with Gasteiger partial charge in [0.25, 0.3) is 0 Å². The minimum absolute atomic E-state index is 0.125. The summed E-state index contributed by atoms with van der Waals surface area (Å²) in [5.74, 6) is -1.35. The van der Waals surface area contributed by atoms with Crippen molar-refractivity contribution in [3.63, 3.8) is 0 Å². The molecule has 200 valence electrons.